The van der Waals surface area contributed by atoms with Crippen molar-refractivity contribution in [3.05, 3.63) is 41.2 Å². The van der Waals surface area contributed by atoms with Crippen LogP contribution in [0.5, 0.6) is 0 Å². The number of carbonyl (C=O) groups excluding carboxylic acids is 1. The summed E-state index contributed by atoms with van der Waals surface area (Å²) in [6.07, 6.45) is 0. The molecule has 0 aliphatic carbocycles. The Morgan fingerprint density at radius 2 is 1.93 bits per heavy atom. The summed E-state index contributed by atoms with van der Waals surface area (Å²) in [6, 6.07) is 7.77. The lowest BCUT2D eigenvalue weighted by Gasteiger charge is -2.18. The molecule has 0 saturated heterocycles. The van der Waals surface area contributed by atoms with Gasteiger partial charge >= 0.3 is 0 Å². The summed E-state index contributed by atoms with van der Waals surface area (Å²) in [5, 5.41) is 12.5. The molecule has 154 valence electrons. The zero-order chi connectivity index (χ0) is 20.5. The molecule has 1 aromatic heterocycles. The first-order valence-electron chi connectivity index (χ1n) is 9.41. The third kappa shape index (κ3) is 5.80. The van der Waals surface area contributed by atoms with Crippen molar-refractivity contribution in [3.63, 3.8) is 0 Å². The summed E-state index contributed by atoms with van der Waals surface area (Å²) in [6.45, 7) is 7.87. The van der Waals surface area contributed by atoms with Crippen molar-refractivity contribution in [2.45, 2.75) is 43.6 Å². The average molecular weight is 407 g/mol. The second-order valence-corrected chi connectivity index (χ2v) is 7.81. The second kappa shape index (κ2) is 11.2. The Morgan fingerprint density at radius 3 is 2.61 bits per heavy atom. The van der Waals surface area contributed by atoms with E-state index in [9.17, 15) is 4.79 Å². The lowest BCUT2D eigenvalue weighted by atomic mass is 10.1. The highest BCUT2D eigenvalue weighted by Crippen LogP contribution is 2.28. The van der Waals surface area contributed by atoms with Gasteiger partial charge in [-0.1, -0.05) is 43.8 Å². The molecule has 2 rings (SSSR count). The molecule has 1 aromatic carbocycles. The number of hydrogen-bond donors (Lipinski definition) is 1. The van der Waals surface area contributed by atoms with E-state index in [1.807, 2.05) is 24.3 Å². The molecule has 1 amide bonds. The van der Waals surface area contributed by atoms with Crippen LogP contribution in [0.4, 0.5) is 0 Å². The molecule has 28 heavy (non-hydrogen) atoms. The van der Waals surface area contributed by atoms with Crippen LogP contribution >= 0.6 is 11.8 Å². The number of amides is 1. The third-order valence-corrected chi connectivity index (χ3v) is 5.26. The molecule has 8 heteroatoms. The van der Waals surface area contributed by atoms with E-state index in [0.29, 0.717) is 31.1 Å². The summed E-state index contributed by atoms with van der Waals surface area (Å²) in [5.74, 6) is 1.74. The summed E-state index contributed by atoms with van der Waals surface area (Å²) >= 11 is 1.58. The first-order valence-corrected chi connectivity index (χ1v) is 10.4. The normalized spacial score (nSPS) is 12.4. The highest BCUT2D eigenvalue weighted by atomic mass is 32.2. The van der Waals surface area contributed by atoms with E-state index >= 15 is 0 Å². The maximum absolute atomic E-state index is 12.5. The van der Waals surface area contributed by atoms with Crippen molar-refractivity contribution in [2.75, 3.05) is 34.0 Å². The van der Waals surface area contributed by atoms with Crippen LogP contribution in [0.1, 0.15) is 54.5 Å². The van der Waals surface area contributed by atoms with Crippen LogP contribution in [-0.4, -0.2) is 54.6 Å². The smallest absolute Gasteiger partial charge is 0.251 e. The first kappa shape index (κ1) is 22.4. The molecule has 2 aromatic rings. The summed E-state index contributed by atoms with van der Waals surface area (Å²) in [7, 11) is 3.31. The molecule has 0 bridgehead atoms. The van der Waals surface area contributed by atoms with Gasteiger partial charge in [0, 0.05) is 38.0 Å². The Bertz CT molecular complexity index is 764. The van der Waals surface area contributed by atoms with Crippen LogP contribution in [0.15, 0.2) is 29.4 Å². The lowest BCUT2D eigenvalue weighted by Crippen LogP contribution is -2.27. The number of carbonyl (C=O) groups is 1. The Labute approximate surface area is 171 Å². The van der Waals surface area contributed by atoms with Crippen LogP contribution in [0.25, 0.3) is 0 Å². The first-order chi connectivity index (χ1) is 13.5. The van der Waals surface area contributed by atoms with Crippen molar-refractivity contribution in [1.29, 1.82) is 0 Å². The van der Waals surface area contributed by atoms with Gasteiger partial charge in [0.25, 0.3) is 5.91 Å². The molecule has 1 heterocycles. The molecular weight excluding hydrogens is 376 g/mol. The van der Waals surface area contributed by atoms with E-state index in [1.54, 1.807) is 26.0 Å². The Morgan fingerprint density at radius 1 is 1.18 bits per heavy atom. The van der Waals surface area contributed by atoms with Gasteiger partial charge in [-0.15, -0.1) is 10.2 Å². The number of rotatable bonds is 11. The van der Waals surface area contributed by atoms with Crippen LogP contribution in [0.3, 0.4) is 0 Å². The minimum absolute atomic E-state index is 0.0923. The molecule has 1 unspecified atom stereocenters. The minimum atomic E-state index is -0.0923. The van der Waals surface area contributed by atoms with Crippen LogP contribution in [0.2, 0.25) is 0 Å². The highest BCUT2D eigenvalue weighted by molar-refractivity contribution is 7.98. The van der Waals surface area contributed by atoms with Gasteiger partial charge in [0.05, 0.1) is 19.3 Å². The molecule has 0 aliphatic rings. The lowest BCUT2D eigenvalue weighted by molar-refractivity contribution is 0.0936. The van der Waals surface area contributed by atoms with Gasteiger partial charge in [0.2, 0.25) is 0 Å². The van der Waals surface area contributed by atoms with Gasteiger partial charge in [-0.25, -0.2) is 0 Å². The summed E-state index contributed by atoms with van der Waals surface area (Å²) < 4.78 is 12.5. The Balaban J connectivity index is 2.17. The highest BCUT2D eigenvalue weighted by Gasteiger charge is 2.20. The third-order valence-electron chi connectivity index (χ3n) is 4.27. The van der Waals surface area contributed by atoms with E-state index in [2.05, 4.69) is 40.9 Å². The van der Waals surface area contributed by atoms with E-state index in [0.717, 1.165) is 16.5 Å². The number of methoxy groups -OCH3 is 2. The standard InChI is InChI=1S/C20H30N4O3S/c1-14(2)18-22-23-20(24(18)15(3)12-27-5)28-13-16-8-6-7-9-17(16)19(25)21-10-11-26-4/h6-9,14-15H,10-13H2,1-5H3,(H,21,25). The number of ether oxygens (including phenoxy) is 2. The van der Waals surface area contributed by atoms with Crippen molar-refractivity contribution in [1.82, 2.24) is 20.1 Å². The number of aromatic nitrogens is 3. The van der Waals surface area contributed by atoms with Crippen LogP contribution in [-0.2, 0) is 15.2 Å². The van der Waals surface area contributed by atoms with Crippen molar-refractivity contribution in [3.8, 4) is 0 Å². The van der Waals surface area contributed by atoms with Gasteiger partial charge in [-0.3, -0.25) is 4.79 Å². The minimum Gasteiger partial charge on any atom is -0.383 e. The monoisotopic (exact) mass is 406 g/mol. The zero-order valence-corrected chi connectivity index (χ0v) is 18.1. The molecule has 0 radical (unpaired) electrons. The predicted molar refractivity (Wildman–Crippen MR) is 111 cm³/mol. The number of benzene rings is 1. The van der Waals surface area contributed by atoms with E-state index in [1.165, 1.54) is 0 Å². The van der Waals surface area contributed by atoms with Crippen molar-refractivity contribution >= 4 is 17.7 Å². The summed E-state index contributed by atoms with van der Waals surface area (Å²) in [5.41, 5.74) is 1.63. The largest absolute Gasteiger partial charge is 0.383 e. The molecule has 0 fully saturated rings. The number of thioether (sulfide) groups is 1. The molecular formula is C20H30N4O3S. The SMILES string of the molecule is COCCNC(=O)c1ccccc1CSc1nnc(C(C)C)n1C(C)COC. The van der Waals surface area contributed by atoms with Crippen LogP contribution in [0, 0.1) is 0 Å². The molecule has 0 saturated carbocycles. The molecule has 1 atom stereocenters. The topological polar surface area (TPSA) is 78.3 Å². The van der Waals surface area contributed by atoms with E-state index in [4.69, 9.17) is 9.47 Å². The van der Waals surface area contributed by atoms with Crippen molar-refractivity contribution in [2.24, 2.45) is 0 Å². The Kier molecular flexibility index (Phi) is 8.95. The average Bonchev–Trinajstić information content (AvgIpc) is 3.11. The fourth-order valence-electron chi connectivity index (χ4n) is 2.88. The fraction of sp³-hybridized carbons (Fsp3) is 0.550. The second-order valence-electron chi connectivity index (χ2n) is 6.86. The Hall–Kier alpha value is -1.90. The maximum Gasteiger partial charge on any atom is 0.251 e. The van der Waals surface area contributed by atoms with Gasteiger partial charge in [0.1, 0.15) is 5.82 Å². The molecule has 1 N–H and O–H groups in total. The van der Waals surface area contributed by atoms with Crippen molar-refractivity contribution < 1.29 is 14.3 Å². The van der Waals surface area contributed by atoms with Gasteiger partial charge < -0.3 is 19.4 Å². The van der Waals surface area contributed by atoms with E-state index < -0.39 is 0 Å². The quantitative estimate of drug-likeness (QED) is 0.456. The van der Waals surface area contributed by atoms with Gasteiger partial charge in [0.15, 0.2) is 5.16 Å². The predicted octanol–water partition coefficient (Wildman–Crippen LogP) is 3.28. The fourth-order valence-corrected chi connectivity index (χ4v) is 3.93. The van der Waals surface area contributed by atoms with Crippen LogP contribution < -0.4 is 5.32 Å². The zero-order valence-electron chi connectivity index (χ0n) is 17.3. The molecule has 7 nitrogen and oxygen atoms in total. The molecule has 0 spiro atoms. The molecule has 0 aliphatic heterocycles. The maximum atomic E-state index is 12.5. The number of nitrogens with zero attached hydrogens (tertiary/aromatic N) is 3. The number of hydrogen-bond acceptors (Lipinski definition) is 6. The van der Waals surface area contributed by atoms with Gasteiger partial charge in [-0.2, -0.15) is 0 Å². The summed E-state index contributed by atoms with van der Waals surface area (Å²) in [4.78, 5) is 12.5. The van der Waals surface area contributed by atoms with E-state index in [-0.39, 0.29) is 17.9 Å². The number of nitrogens with one attached hydrogen (secondary N) is 1. The van der Waals surface area contributed by atoms with Gasteiger partial charge in [-0.05, 0) is 18.6 Å².